The highest BCUT2D eigenvalue weighted by Gasteiger charge is 2.07. The van der Waals surface area contributed by atoms with Crippen LogP contribution >= 0.6 is 0 Å². The van der Waals surface area contributed by atoms with Gasteiger partial charge in [0.2, 0.25) is 5.91 Å². The molecular weight excluding hydrogens is 368 g/mol. The maximum atomic E-state index is 12.6. The van der Waals surface area contributed by atoms with E-state index < -0.39 is 0 Å². The summed E-state index contributed by atoms with van der Waals surface area (Å²) in [6, 6.07) is 33.9. The Labute approximate surface area is 176 Å². The van der Waals surface area contributed by atoms with Gasteiger partial charge in [-0.05, 0) is 28.0 Å². The number of rotatable bonds is 6. The lowest BCUT2D eigenvalue weighted by Gasteiger charge is -2.07. The molecule has 0 unspecified atom stereocenters. The number of nitrogens with one attached hydrogen (secondary N) is 1. The van der Waals surface area contributed by atoms with E-state index in [0.717, 1.165) is 27.5 Å². The van der Waals surface area contributed by atoms with Crippen LogP contribution in [0, 0.1) is 0 Å². The number of amides is 1. The number of hydrogen-bond donors (Lipinski definition) is 1. The van der Waals surface area contributed by atoms with Crippen LogP contribution in [-0.4, -0.2) is 11.6 Å². The molecule has 1 amide bonds. The van der Waals surface area contributed by atoms with Gasteiger partial charge in [0.25, 0.3) is 0 Å². The van der Waals surface area contributed by atoms with Crippen LogP contribution in [0.25, 0.3) is 16.8 Å². The molecule has 3 heteroatoms. The van der Waals surface area contributed by atoms with Crippen molar-refractivity contribution < 1.29 is 4.79 Å². The molecule has 0 bridgehead atoms. The zero-order valence-corrected chi connectivity index (χ0v) is 16.5. The van der Waals surface area contributed by atoms with E-state index in [1.54, 1.807) is 0 Å². The summed E-state index contributed by atoms with van der Waals surface area (Å²) in [5, 5.41) is 6.63. The number of carbonyl (C=O) groups excluding carboxylic acids is 1. The molecule has 0 fully saturated rings. The summed E-state index contributed by atoms with van der Waals surface area (Å²) < 4.78 is 0. The van der Waals surface area contributed by atoms with Crippen molar-refractivity contribution in [3.63, 3.8) is 0 Å². The van der Waals surface area contributed by atoms with Crippen LogP contribution in [0.2, 0.25) is 0 Å². The van der Waals surface area contributed by atoms with E-state index in [0.29, 0.717) is 5.71 Å². The van der Waals surface area contributed by atoms with Gasteiger partial charge in [-0.1, -0.05) is 109 Å². The zero-order valence-electron chi connectivity index (χ0n) is 16.5. The molecule has 30 heavy (non-hydrogen) atoms. The highest BCUT2D eigenvalue weighted by atomic mass is 16.2. The lowest BCUT2D eigenvalue weighted by molar-refractivity contribution is -0.120. The summed E-state index contributed by atoms with van der Waals surface area (Å²) in [4.78, 5) is 12.6. The number of hydrogen-bond acceptors (Lipinski definition) is 2. The van der Waals surface area contributed by atoms with Crippen LogP contribution in [0.1, 0.15) is 16.7 Å². The Hall–Kier alpha value is -3.98. The van der Waals surface area contributed by atoms with Gasteiger partial charge in [-0.3, -0.25) is 4.79 Å². The summed E-state index contributed by atoms with van der Waals surface area (Å²) in [5.41, 5.74) is 6.43. The lowest BCUT2D eigenvalue weighted by atomic mass is 10.0. The minimum atomic E-state index is -0.145. The first kappa shape index (κ1) is 19.3. The average Bonchev–Trinajstić information content (AvgIpc) is 2.80. The summed E-state index contributed by atoms with van der Waals surface area (Å²) in [5.74, 6) is -0.145. The molecule has 0 spiro atoms. The molecule has 0 aliphatic heterocycles. The Morgan fingerprint density at radius 2 is 1.43 bits per heavy atom. The number of hydrazone groups is 1. The first-order valence-corrected chi connectivity index (χ1v) is 9.91. The summed E-state index contributed by atoms with van der Waals surface area (Å²) >= 11 is 0. The van der Waals surface area contributed by atoms with E-state index in [1.165, 1.54) is 0 Å². The van der Waals surface area contributed by atoms with Crippen LogP contribution in [0.4, 0.5) is 0 Å². The second kappa shape index (κ2) is 9.48. The maximum absolute atomic E-state index is 12.6. The van der Waals surface area contributed by atoms with Crippen LogP contribution in [0.3, 0.4) is 0 Å². The average molecular weight is 390 g/mol. The van der Waals surface area contributed by atoms with Crippen molar-refractivity contribution in [3.8, 4) is 0 Å². The van der Waals surface area contributed by atoms with E-state index in [9.17, 15) is 4.79 Å². The second-order valence-corrected chi connectivity index (χ2v) is 6.96. The van der Waals surface area contributed by atoms with Gasteiger partial charge in [0.15, 0.2) is 0 Å². The SMILES string of the molecule is O=C(Cc1cccc2ccccc12)NN=C(C=Cc1ccccc1)c1ccccc1. The largest absolute Gasteiger partial charge is 0.273 e. The molecule has 146 valence electrons. The van der Waals surface area contributed by atoms with Crippen LogP contribution in [-0.2, 0) is 11.2 Å². The van der Waals surface area contributed by atoms with Gasteiger partial charge >= 0.3 is 0 Å². The maximum Gasteiger partial charge on any atom is 0.244 e. The van der Waals surface area contributed by atoms with Crippen molar-refractivity contribution in [1.82, 2.24) is 5.43 Å². The number of benzene rings is 4. The Bertz CT molecular complexity index is 1190. The fourth-order valence-electron chi connectivity index (χ4n) is 3.33. The van der Waals surface area contributed by atoms with Gasteiger partial charge in [-0.15, -0.1) is 0 Å². The van der Waals surface area contributed by atoms with Gasteiger partial charge in [0.1, 0.15) is 0 Å². The fourth-order valence-corrected chi connectivity index (χ4v) is 3.33. The van der Waals surface area contributed by atoms with Crippen molar-refractivity contribution in [1.29, 1.82) is 0 Å². The third-order valence-corrected chi connectivity index (χ3v) is 4.83. The number of fused-ring (bicyclic) bond motifs is 1. The molecule has 0 radical (unpaired) electrons. The molecule has 3 nitrogen and oxygen atoms in total. The molecule has 0 saturated heterocycles. The second-order valence-electron chi connectivity index (χ2n) is 6.96. The van der Waals surface area contributed by atoms with Crippen LogP contribution in [0.15, 0.2) is 114 Å². The quantitative estimate of drug-likeness (QED) is 0.337. The highest BCUT2D eigenvalue weighted by Crippen LogP contribution is 2.18. The van der Waals surface area contributed by atoms with E-state index in [1.807, 2.05) is 103 Å². The predicted molar refractivity (Wildman–Crippen MR) is 124 cm³/mol. The van der Waals surface area contributed by atoms with Gasteiger partial charge < -0.3 is 0 Å². The third kappa shape index (κ3) is 4.89. The highest BCUT2D eigenvalue weighted by molar-refractivity contribution is 6.11. The molecule has 0 heterocycles. The third-order valence-electron chi connectivity index (χ3n) is 4.83. The van der Waals surface area contributed by atoms with Crippen LogP contribution < -0.4 is 5.43 Å². The molecule has 0 atom stereocenters. The normalized spacial score (nSPS) is 11.7. The van der Waals surface area contributed by atoms with Crippen molar-refractivity contribution in [3.05, 3.63) is 126 Å². The molecule has 1 N–H and O–H groups in total. The Morgan fingerprint density at radius 3 is 2.23 bits per heavy atom. The van der Waals surface area contributed by atoms with Crippen molar-refractivity contribution in [2.24, 2.45) is 5.10 Å². The number of nitrogens with zero attached hydrogens (tertiary/aromatic N) is 1. The van der Waals surface area contributed by atoms with E-state index >= 15 is 0 Å². The Morgan fingerprint density at radius 1 is 0.767 bits per heavy atom. The number of allylic oxidation sites excluding steroid dienone is 1. The van der Waals surface area contributed by atoms with Crippen molar-refractivity contribution in [2.75, 3.05) is 0 Å². The van der Waals surface area contributed by atoms with Crippen molar-refractivity contribution in [2.45, 2.75) is 6.42 Å². The predicted octanol–water partition coefficient (Wildman–Crippen LogP) is 5.62. The first-order chi connectivity index (χ1) is 14.8. The van der Waals surface area contributed by atoms with Crippen LogP contribution in [0.5, 0.6) is 0 Å². The number of carbonyl (C=O) groups is 1. The van der Waals surface area contributed by atoms with Gasteiger partial charge in [0.05, 0.1) is 12.1 Å². The van der Waals surface area contributed by atoms with Crippen molar-refractivity contribution >= 4 is 28.5 Å². The molecule has 0 aromatic heterocycles. The molecule has 4 aromatic rings. The lowest BCUT2D eigenvalue weighted by Crippen LogP contribution is -2.21. The molecule has 0 saturated carbocycles. The van der Waals surface area contributed by atoms with Gasteiger partial charge in [-0.25, -0.2) is 5.43 Å². The monoisotopic (exact) mass is 390 g/mol. The molecule has 0 aliphatic carbocycles. The summed E-state index contributed by atoms with van der Waals surface area (Å²) in [6.45, 7) is 0. The molecule has 0 aliphatic rings. The smallest absolute Gasteiger partial charge is 0.244 e. The van der Waals surface area contributed by atoms with E-state index in [2.05, 4.69) is 22.7 Å². The topological polar surface area (TPSA) is 41.5 Å². The summed E-state index contributed by atoms with van der Waals surface area (Å²) in [7, 11) is 0. The van der Waals surface area contributed by atoms with Gasteiger partial charge in [-0.2, -0.15) is 5.10 Å². The molecular formula is C27H22N2O. The molecule has 4 rings (SSSR count). The first-order valence-electron chi connectivity index (χ1n) is 9.91. The standard InChI is InChI=1S/C27H22N2O/c30-27(20-24-16-9-15-22-12-7-8-17-25(22)24)29-28-26(23-13-5-2-6-14-23)19-18-21-10-3-1-4-11-21/h1-19H,20H2,(H,29,30). The van der Waals surface area contributed by atoms with E-state index in [-0.39, 0.29) is 12.3 Å². The Balaban J connectivity index is 1.54. The zero-order chi connectivity index (χ0) is 20.6. The fraction of sp³-hybridized carbons (Fsp3) is 0.0370. The summed E-state index contributed by atoms with van der Waals surface area (Å²) in [6.07, 6.45) is 4.18. The van der Waals surface area contributed by atoms with E-state index in [4.69, 9.17) is 0 Å². The minimum Gasteiger partial charge on any atom is -0.273 e. The minimum absolute atomic E-state index is 0.145. The Kier molecular flexibility index (Phi) is 6.11. The van der Waals surface area contributed by atoms with Gasteiger partial charge in [0, 0.05) is 5.56 Å². The molecule has 4 aromatic carbocycles.